The molecule has 2 aromatic heterocycles. The van der Waals surface area contributed by atoms with Gasteiger partial charge in [0.25, 0.3) is 5.91 Å². The summed E-state index contributed by atoms with van der Waals surface area (Å²) in [5.41, 5.74) is 3.42. The van der Waals surface area contributed by atoms with Gasteiger partial charge in [0, 0.05) is 37.2 Å². The minimum atomic E-state index is -1.50. The molecule has 0 fully saturated rings. The summed E-state index contributed by atoms with van der Waals surface area (Å²) in [4.78, 5) is 15.0. The minimum Gasteiger partial charge on any atom is -0.331 e. The molecule has 158 valence electrons. The van der Waals surface area contributed by atoms with E-state index in [4.69, 9.17) is 0 Å². The molecule has 0 N–H and O–H groups in total. The first-order chi connectivity index (χ1) is 14.8. The van der Waals surface area contributed by atoms with Crippen molar-refractivity contribution >= 4 is 16.8 Å². The molecular formula is C22H18F3N5O. The molecule has 1 amide bonds. The zero-order valence-electron chi connectivity index (χ0n) is 16.9. The molecule has 9 heteroatoms. The first-order valence-corrected chi connectivity index (χ1v) is 9.76. The molecule has 0 spiro atoms. The second-order valence-electron chi connectivity index (χ2n) is 7.62. The van der Waals surface area contributed by atoms with Gasteiger partial charge in [-0.25, -0.2) is 13.2 Å². The fourth-order valence-electron chi connectivity index (χ4n) is 4.30. The predicted octanol–water partition coefficient (Wildman–Crippen LogP) is 3.59. The summed E-state index contributed by atoms with van der Waals surface area (Å²) in [6.07, 6.45) is 0.459. The summed E-state index contributed by atoms with van der Waals surface area (Å²) in [6, 6.07) is 9.38. The van der Waals surface area contributed by atoms with Crippen LogP contribution in [0.1, 0.15) is 21.7 Å². The van der Waals surface area contributed by atoms with Crippen molar-refractivity contribution in [2.75, 3.05) is 6.54 Å². The van der Waals surface area contributed by atoms with Gasteiger partial charge < -0.3 is 4.90 Å². The van der Waals surface area contributed by atoms with Gasteiger partial charge in [-0.3, -0.25) is 14.2 Å². The molecule has 5 rings (SSSR count). The van der Waals surface area contributed by atoms with Gasteiger partial charge in [-0.2, -0.15) is 10.2 Å². The lowest BCUT2D eigenvalue weighted by molar-refractivity contribution is 0.0723. The number of halogens is 3. The second-order valence-corrected chi connectivity index (χ2v) is 7.62. The number of nitrogens with zero attached hydrogens (tertiary/aromatic N) is 5. The SMILES string of the molecule is Cn1nc2c(c1-c1cc(F)c(F)c(F)c1)CCN(C(=O)c1c3ccccc3nn1C)C2. The third-order valence-electron chi connectivity index (χ3n) is 5.69. The number of hydrogen-bond donors (Lipinski definition) is 0. The van der Waals surface area contributed by atoms with Crippen molar-refractivity contribution in [2.24, 2.45) is 14.1 Å². The maximum Gasteiger partial charge on any atom is 0.273 e. The zero-order valence-corrected chi connectivity index (χ0v) is 16.9. The Bertz CT molecular complexity index is 1330. The van der Waals surface area contributed by atoms with Crippen molar-refractivity contribution in [1.29, 1.82) is 0 Å². The zero-order chi connectivity index (χ0) is 21.9. The lowest BCUT2D eigenvalue weighted by Crippen LogP contribution is -2.37. The molecule has 6 nitrogen and oxygen atoms in total. The lowest BCUT2D eigenvalue weighted by Gasteiger charge is -2.26. The maximum atomic E-state index is 13.8. The van der Waals surface area contributed by atoms with Crippen molar-refractivity contribution in [2.45, 2.75) is 13.0 Å². The average Bonchev–Trinajstić information content (AvgIpc) is 3.25. The highest BCUT2D eigenvalue weighted by Crippen LogP contribution is 2.32. The van der Waals surface area contributed by atoms with Crippen LogP contribution in [0.3, 0.4) is 0 Å². The number of aryl methyl sites for hydroxylation is 2. The molecular weight excluding hydrogens is 407 g/mol. The highest BCUT2D eigenvalue weighted by Gasteiger charge is 2.30. The molecule has 0 bridgehead atoms. The molecule has 1 aliphatic heterocycles. The number of carbonyl (C=O) groups is 1. The second kappa shape index (κ2) is 6.97. The molecule has 31 heavy (non-hydrogen) atoms. The van der Waals surface area contributed by atoms with Crippen LogP contribution in [-0.2, 0) is 27.1 Å². The van der Waals surface area contributed by atoms with Crippen LogP contribution in [0.2, 0.25) is 0 Å². The molecule has 0 saturated carbocycles. The van der Waals surface area contributed by atoms with Gasteiger partial charge in [-0.1, -0.05) is 18.2 Å². The van der Waals surface area contributed by atoms with Crippen LogP contribution in [0.5, 0.6) is 0 Å². The van der Waals surface area contributed by atoms with Crippen LogP contribution in [0.4, 0.5) is 13.2 Å². The van der Waals surface area contributed by atoms with Crippen LogP contribution in [0.15, 0.2) is 36.4 Å². The Morgan fingerprint density at radius 1 is 1.00 bits per heavy atom. The van der Waals surface area contributed by atoms with E-state index >= 15 is 0 Å². The van der Waals surface area contributed by atoms with E-state index in [0.29, 0.717) is 30.0 Å². The molecule has 3 heterocycles. The van der Waals surface area contributed by atoms with Gasteiger partial charge in [0.2, 0.25) is 0 Å². The topological polar surface area (TPSA) is 56.0 Å². The van der Waals surface area contributed by atoms with Gasteiger partial charge >= 0.3 is 0 Å². The lowest BCUT2D eigenvalue weighted by atomic mass is 9.99. The summed E-state index contributed by atoms with van der Waals surface area (Å²) in [7, 11) is 3.40. The summed E-state index contributed by atoms with van der Waals surface area (Å²) in [6.45, 7) is 0.671. The molecule has 0 aliphatic carbocycles. The van der Waals surface area contributed by atoms with Crippen LogP contribution in [0, 0.1) is 17.5 Å². The van der Waals surface area contributed by atoms with Crippen molar-refractivity contribution in [3.05, 3.63) is 70.8 Å². The number of carbonyl (C=O) groups excluding carboxylic acids is 1. The Morgan fingerprint density at radius 3 is 2.45 bits per heavy atom. The monoisotopic (exact) mass is 425 g/mol. The molecule has 0 unspecified atom stereocenters. The summed E-state index contributed by atoms with van der Waals surface area (Å²) in [5.74, 6) is -4.16. The Morgan fingerprint density at radius 2 is 1.71 bits per heavy atom. The van der Waals surface area contributed by atoms with Gasteiger partial charge in [0.15, 0.2) is 17.5 Å². The molecule has 1 aliphatic rings. The van der Waals surface area contributed by atoms with Gasteiger partial charge in [0.05, 0.1) is 23.4 Å². The molecule has 0 radical (unpaired) electrons. The first-order valence-electron chi connectivity index (χ1n) is 9.76. The van der Waals surface area contributed by atoms with Gasteiger partial charge in [-0.15, -0.1) is 0 Å². The quantitative estimate of drug-likeness (QED) is 0.462. The average molecular weight is 425 g/mol. The molecule has 4 aromatic rings. The first kappa shape index (κ1) is 19.3. The third kappa shape index (κ3) is 2.99. The Kier molecular flexibility index (Phi) is 4.35. The number of aromatic nitrogens is 4. The molecule has 0 saturated heterocycles. The number of hydrogen-bond acceptors (Lipinski definition) is 3. The van der Waals surface area contributed by atoms with Crippen molar-refractivity contribution in [3.63, 3.8) is 0 Å². The van der Waals surface area contributed by atoms with Crippen LogP contribution >= 0.6 is 0 Å². The van der Waals surface area contributed by atoms with Crippen LogP contribution in [0.25, 0.3) is 22.2 Å². The molecule has 0 atom stereocenters. The fraction of sp³-hybridized carbons (Fsp3) is 0.227. The Hall–Kier alpha value is -3.62. The number of benzene rings is 2. The maximum absolute atomic E-state index is 13.8. The number of fused-ring (bicyclic) bond motifs is 2. The molecule has 2 aromatic carbocycles. The van der Waals surface area contributed by atoms with E-state index in [1.807, 2.05) is 24.3 Å². The van der Waals surface area contributed by atoms with Gasteiger partial charge in [-0.05, 0) is 24.6 Å². The van der Waals surface area contributed by atoms with E-state index in [0.717, 1.165) is 28.6 Å². The normalized spacial score (nSPS) is 13.6. The van der Waals surface area contributed by atoms with E-state index in [1.165, 1.54) is 4.68 Å². The smallest absolute Gasteiger partial charge is 0.273 e. The third-order valence-corrected chi connectivity index (χ3v) is 5.69. The fourth-order valence-corrected chi connectivity index (χ4v) is 4.30. The summed E-state index contributed by atoms with van der Waals surface area (Å²) in [5, 5.41) is 9.65. The van der Waals surface area contributed by atoms with E-state index in [-0.39, 0.29) is 18.0 Å². The van der Waals surface area contributed by atoms with E-state index < -0.39 is 17.5 Å². The van der Waals surface area contributed by atoms with E-state index in [2.05, 4.69) is 10.2 Å². The standard InChI is InChI=1S/C22H18F3N5O/c1-28-20(12-9-15(23)19(25)16(24)10-12)14-7-8-30(11-18(14)27-28)22(31)21-13-5-3-4-6-17(13)26-29(21)2/h3-6,9-10H,7-8,11H2,1-2H3. The van der Waals surface area contributed by atoms with Crippen molar-refractivity contribution in [3.8, 4) is 11.3 Å². The Labute approximate surface area is 175 Å². The predicted molar refractivity (Wildman–Crippen MR) is 108 cm³/mol. The Balaban J connectivity index is 1.50. The largest absolute Gasteiger partial charge is 0.331 e. The summed E-state index contributed by atoms with van der Waals surface area (Å²) < 4.78 is 44.0. The van der Waals surface area contributed by atoms with Crippen molar-refractivity contribution < 1.29 is 18.0 Å². The van der Waals surface area contributed by atoms with Crippen LogP contribution in [-0.4, -0.2) is 36.9 Å². The highest BCUT2D eigenvalue weighted by atomic mass is 19.2. The van der Waals surface area contributed by atoms with E-state index in [9.17, 15) is 18.0 Å². The summed E-state index contributed by atoms with van der Waals surface area (Å²) >= 11 is 0. The highest BCUT2D eigenvalue weighted by molar-refractivity contribution is 6.05. The number of amides is 1. The van der Waals surface area contributed by atoms with Crippen molar-refractivity contribution in [1.82, 2.24) is 24.5 Å². The van der Waals surface area contributed by atoms with Crippen LogP contribution < -0.4 is 0 Å². The minimum absolute atomic E-state index is 0.159. The van der Waals surface area contributed by atoms with Gasteiger partial charge in [0.1, 0.15) is 5.69 Å². The van der Waals surface area contributed by atoms with E-state index in [1.54, 1.807) is 23.7 Å². The number of rotatable bonds is 2.